The Labute approximate surface area is 126 Å². The first kappa shape index (κ1) is 14.1. The van der Waals surface area contributed by atoms with Gasteiger partial charge in [-0.1, -0.05) is 55.8 Å². The second-order valence-electron chi connectivity index (χ2n) is 5.95. The van der Waals surface area contributed by atoms with Crippen molar-refractivity contribution in [1.29, 1.82) is 0 Å². The van der Waals surface area contributed by atoms with E-state index in [0.717, 1.165) is 19.3 Å². The van der Waals surface area contributed by atoms with Crippen LogP contribution in [-0.2, 0) is 9.53 Å². The van der Waals surface area contributed by atoms with E-state index in [1.807, 2.05) is 6.92 Å². The quantitative estimate of drug-likeness (QED) is 0.744. The molecule has 0 aromatic heterocycles. The zero-order valence-electron chi connectivity index (χ0n) is 12.8. The van der Waals surface area contributed by atoms with Crippen molar-refractivity contribution in [2.75, 3.05) is 6.61 Å². The summed E-state index contributed by atoms with van der Waals surface area (Å²) in [4.78, 5) is 12.4. The molecule has 0 spiro atoms. The maximum absolute atomic E-state index is 12.4. The minimum Gasteiger partial charge on any atom is -0.466 e. The normalized spacial score (nSPS) is 24.0. The summed E-state index contributed by atoms with van der Waals surface area (Å²) in [5.41, 5.74) is 1.02. The van der Waals surface area contributed by atoms with E-state index < -0.39 is 0 Å². The van der Waals surface area contributed by atoms with Gasteiger partial charge in [0, 0.05) is 5.92 Å². The number of rotatable bonds is 5. The lowest BCUT2D eigenvalue weighted by atomic mass is 9.91. The Kier molecular flexibility index (Phi) is 3.71. The van der Waals surface area contributed by atoms with Gasteiger partial charge in [0.2, 0.25) is 0 Å². The molecule has 2 atom stereocenters. The van der Waals surface area contributed by atoms with Crippen molar-refractivity contribution in [3.8, 4) is 0 Å². The number of ether oxygens (including phenoxy) is 1. The van der Waals surface area contributed by atoms with E-state index in [2.05, 4.69) is 49.4 Å². The van der Waals surface area contributed by atoms with Gasteiger partial charge in [0.05, 0.1) is 12.0 Å². The van der Waals surface area contributed by atoms with Gasteiger partial charge in [-0.05, 0) is 36.1 Å². The summed E-state index contributed by atoms with van der Waals surface area (Å²) in [7, 11) is 0. The van der Waals surface area contributed by atoms with Crippen LogP contribution >= 0.6 is 0 Å². The van der Waals surface area contributed by atoms with E-state index in [-0.39, 0.29) is 11.4 Å². The number of carbonyl (C=O) groups is 1. The molecule has 0 bridgehead atoms. The third kappa shape index (κ3) is 2.33. The van der Waals surface area contributed by atoms with Gasteiger partial charge in [-0.25, -0.2) is 0 Å². The lowest BCUT2D eigenvalue weighted by molar-refractivity contribution is -0.150. The lowest BCUT2D eigenvalue weighted by Gasteiger charge is -2.16. The van der Waals surface area contributed by atoms with E-state index in [4.69, 9.17) is 4.74 Å². The standard InChI is InChI=1S/C19H22O2/c1-3-12-19(18(20)21-4-2)13-17(19)16-11-7-9-14-8-5-6-10-15(14)16/h5-11,17H,3-4,12-13H2,1-2H3/t17-,19+/m1/s1. The van der Waals surface area contributed by atoms with Gasteiger partial charge >= 0.3 is 5.97 Å². The molecule has 0 amide bonds. The fourth-order valence-corrected chi connectivity index (χ4v) is 3.59. The number of esters is 1. The molecule has 1 saturated carbocycles. The van der Waals surface area contributed by atoms with Crippen LogP contribution in [0.25, 0.3) is 10.8 Å². The molecule has 0 heterocycles. The predicted octanol–water partition coefficient (Wildman–Crippen LogP) is 4.68. The van der Waals surface area contributed by atoms with E-state index in [1.54, 1.807) is 0 Å². The Morgan fingerprint density at radius 2 is 1.95 bits per heavy atom. The summed E-state index contributed by atoms with van der Waals surface area (Å²) in [5.74, 6) is 0.299. The van der Waals surface area contributed by atoms with Crippen molar-refractivity contribution in [2.45, 2.75) is 39.0 Å². The molecule has 2 aromatic rings. The first-order valence-electron chi connectivity index (χ1n) is 7.88. The monoisotopic (exact) mass is 282 g/mol. The predicted molar refractivity (Wildman–Crippen MR) is 85.3 cm³/mol. The molecule has 21 heavy (non-hydrogen) atoms. The Hall–Kier alpha value is -1.83. The molecule has 2 nitrogen and oxygen atoms in total. The van der Waals surface area contributed by atoms with E-state index in [0.29, 0.717) is 12.5 Å². The Bertz CT molecular complexity index is 656. The molecule has 1 aliphatic carbocycles. The molecule has 0 aliphatic heterocycles. The molecule has 0 radical (unpaired) electrons. The summed E-state index contributed by atoms with van der Waals surface area (Å²) in [6.07, 6.45) is 2.85. The van der Waals surface area contributed by atoms with Crippen molar-refractivity contribution < 1.29 is 9.53 Å². The van der Waals surface area contributed by atoms with Crippen LogP contribution in [0.5, 0.6) is 0 Å². The summed E-state index contributed by atoms with van der Waals surface area (Å²) in [6.45, 7) is 4.48. The number of fused-ring (bicyclic) bond motifs is 1. The highest BCUT2D eigenvalue weighted by Crippen LogP contribution is 2.63. The Morgan fingerprint density at radius 1 is 1.19 bits per heavy atom. The van der Waals surface area contributed by atoms with E-state index >= 15 is 0 Å². The second-order valence-corrected chi connectivity index (χ2v) is 5.95. The highest BCUT2D eigenvalue weighted by atomic mass is 16.5. The van der Waals surface area contributed by atoms with Crippen LogP contribution in [0, 0.1) is 5.41 Å². The van der Waals surface area contributed by atoms with E-state index in [9.17, 15) is 4.79 Å². The van der Waals surface area contributed by atoms with Crippen LogP contribution in [0.15, 0.2) is 42.5 Å². The van der Waals surface area contributed by atoms with Gasteiger partial charge in [0.25, 0.3) is 0 Å². The number of benzene rings is 2. The van der Waals surface area contributed by atoms with Gasteiger partial charge < -0.3 is 4.74 Å². The molecule has 0 saturated heterocycles. The molecular formula is C19H22O2. The topological polar surface area (TPSA) is 26.3 Å². The highest BCUT2D eigenvalue weighted by Gasteiger charge is 2.60. The van der Waals surface area contributed by atoms with Gasteiger partial charge in [-0.2, -0.15) is 0 Å². The molecule has 3 rings (SSSR count). The minimum atomic E-state index is -0.283. The maximum atomic E-state index is 12.4. The average molecular weight is 282 g/mol. The first-order chi connectivity index (χ1) is 10.2. The van der Waals surface area contributed by atoms with Crippen LogP contribution in [-0.4, -0.2) is 12.6 Å². The zero-order valence-corrected chi connectivity index (χ0v) is 12.8. The van der Waals surface area contributed by atoms with E-state index in [1.165, 1.54) is 16.3 Å². The molecular weight excluding hydrogens is 260 g/mol. The zero-order chi connectivity index (χ0) is 14.9. The van der Waals surface area contributed by atoms with Crippen molar-refractivity contribution in [2.24, 2.45) is 5.41 Å². The Balaban J connectivity index is 1.98. The molecule has 110 valence electrons. The smallest absolute Gasteiger partial charge is 0.312 e. The van der Waals surface area contributed by atoms with Gasteiger partial charge in [0.15, 0.2) is 0 Å². The summed E-state index contributed by atoms with van der Waals surface area (Å²) >= 11 is 0. The number of hydrogen-bond acceptors (Lipinski definition) is 2. The van der Waals surface area contributed by atoms with Crippen LogP contribution in [0.2, 0.25) is 0 Å². The third-order valence-electron chi connectivity index (χ3n) is 4.65. The van der Waals surface area contributed by atoms with Gasteiger partial charge in [-0.3, -0.25) is 4.79 Å². The van der Waals surface area contributed by atoms with Crippen molar-refractivity contribution in [1.82, 2.24) is 0 Å². The number of carbonyl (C=O) groups excluding carboxylic acids is 1. The molecule has 0 unspecified atom stereocenters. The fourth-order valence-electron chi connectivity index (χ4n) is 3.59. The highest BCUT2D eigenvalue weighted by molar-refractivity contribution is 5.90. The SMILES string of the molecule is CCC[C@]1(C(=O)OCC)C[C@@H]1c1cccc2ccccc12. The van der Waals surface area contributed by atoms with Crippen molar-refractivity contribution in [3.63, 3.8) is 0 Å². The van der Waals surface area contributed by atoms with Crippen LogP contribution in [0.3, 0.4) is 0 Å². The fraction of sp³-hybridized carbons (Fsp3) is 0.421. The summed E-state index contributed by atoms with van der Waals surface area (Å²) in [5, 5.41) is 2.52. The van der Waals surface area contributed by atoms with Crippen molar-refractivity contribution >= 4 is 16.7 Å². The maximum Gasteiger partial charge on any atom is 0.312 e. The van der Waals surface area contributed by atoms with Crippen LogP contribution in [0.1, 0.15) is 44.6 Å². The molecule has 2 aromatic carbocycles. The largest absolute Gasteiger partial charge is 0.466 e. The molecule has 0 N–H and O–H groups in total. The third-order valence-corrected chi connectivity index (χ3v) is 4.65. The van der Waals surface area contributed by atoms with Gasteiger partial charge in [0.1, 0.15) is 0 Å². The second kappa shape index (κ2) is 5.51. The van der Waals surface area contributed by atoms with Crippen LogP contribution in [0.4, 0.5) is 0 Å². The average Bonchev–Trinajstić information content (AvgIpc) is 3.23. The molecule has 1 fully saturated rings. The minimum absolute atomic E-state index is 0.00946. The lowest BCUT2D eigenvalue weighted by Crippen LogP contribution is -2.21. The molecule has 1 aliphatic rings. The Morgan fingerprint density at radius 3 is 2.71 bits per heavy atom. The van der Waals surface area contributed by atoms with Gasteiger partial charge in [-0.15, -0.1) is 0 Å². The van der Waals surface area contributed by atoms with Crippen LogP contribution < -0.4 is 0 Å². The number of hydrogen-bond donors (Lipinski definition) is 0. The van der Waals surface area contributed by atoms with Crippen molar-refractivity contribution in [3.05, 3.63) is 48.0 Å². The summed E-state index contributed by atoms with van der Waals surface area (Å²) in [6, 6.07) is 14.8. The first-order valence-corrected chi connectivity index (χ1v) is 7.88. The molecule has 2 heteroatoms. The summed E-state index contributed by atoms with van der Waals surface area (Å²) < 4.78 is 5.35.